The van der Waals surface area contributed by atoms with E-state index in [1.807, 2.05) is 12.2 Å². The Kier molecular flexibility index (Phi) is 3.41. The SMILES string of the molecule is O=C(N[C@@H]1C=CCC1)c1cccc(C(F)(F)F)c1. The van der Waals surface area contributed by atoms with E-state index in [0.717, 1.165) is 25.0 Å². The van der Waals surface area contributed by atoms with Crippen molar-refractivity contribution in [2.45, 2.75) is 25.1 Å². The van der Waals surface area contributed by atoms with E-state index in [-0.39, 0.29) is 11.6 Å². The minimum Gasteiger partial charge on any atom is -0.346 e. The predicted octanol–water partition coefficient (Wildman–Crippen LogP) is 3.15. The van der Waals surface area contributed by atoms with Crippen LogP contribution in [0.2, 0.25) is 0 Å². The molecule has 0 saturated heterocycles. The second kappa shape index (κ2) is 4.84. The zero-order chi connectivity index (χ0) is 13.2. The van der Waals surface area contributed by atoms with Crippen LogP contribution in [0.25, 0.3) is 0 Å². The standard InChI is InChI=1S/C13H12F3NO/c14-13(15,16)10-5-3-4-9(8-10)12(18)17-11-6-1-2-7-11/h1,3-6,8,11H,2,7H2,(H,17,18)/t11-/m1/s1. The largest absolute Gasteiger partial charge is 0.416 e. The van der Waals surface area contributed by atoms with Crippen LogP contribution >= 0.6 is 0 Å². The van der Waals surface area contributed by atoms with Gasteiger partial charge >= 0.3 is 6.18 Å². The highest BCUT2D eigenvalue weighted by atomic mass is 19.4. The van der Waals surface area contributed by atoms with E-state index in [1.54, 1.807) is 0 Å². The summed E-state index contributed by atoms with van der Waals surface area (Å²) in [5.41, 5.74) is -0.776. The van der Waals surface area contributed by atoms with Crippen molar-refractivity contribution in [3.8, 4) is 0 Å². The minimum absolute atomic E-state index is 0.0325. The van der Waals surface area contributed by atoms with Crippen molar-refractivity contribution >= 4 is 5.91 Å². The lowest BCUT2D eigenvalue weighted by Gasteiger charge is -2.12. The van der Waals surface area contributed by atoms with Gasteiger partial charge in [0.05, 0.1) is 5.56 Å². The molecule has 0 fully saturated rings. The number of alkyl halides is 3. The van der Waals surface area contributed by atoms with Crippen molar-refractivity contribution in [2.75, 3.05) is 0 Å². The number of benzene rings is 1. The van der Waals surface area contributed by atoms with Crippen LogP contribution < -0.4 is 5.32 Å². The fraction of sp³-hybridized carbons (Fsp3) is 0.308. The van der Waals surface area contributed by atoms with E-state index in [1.165, 1.54) is 12.1 Å². The first kappa shape index (κ1) is 12.7. The molecule has 1 N–H and O–H groups in total. The lowest BCUT2D eigenvalue weighted by atomic mass is 10.1. The molecule has 18 heavy (non-hydrogen) atoms. The van der Waals surface area contributed by atoms with E-state index < -0.39 is 17.6 Å². The zero-order valence-electron chi connectivity index (χ0n) is 9.50. The summed E-state index contributed by atoms with van der Waals surface area (Å²) in [6.45, 7) is 0. The van der Waals surface area contributed by atoms with Crippen LogP contribution in [0, 0.1) is 0 Å². The van der Waals surface area contributed by atoms with Crippen molar-refractivity contribution < 1.29 is 18.0 Å². The van der Waals surface area contributed by atoms with Gasteiger partial charge in [-0.2, -0.15) is 13.2 Å². The Bertz CT molecular complexity index is 479. The third-order valence-corrected chi connectivity index (χ3v) is 2.78. The second-order valence-electron chi connectivity index (χ2n) is 4.16. The third-order valence-electron chi connectivity index (χ3n) is 2.78. The molecule has 5 heteroatoms. The molecule has 0 aliphatic heterocycles. The van der Waals surface area contributed by atoms with Crippen molar-refractivity contribution in [1.29, 1.82) is 0 Å². The first-order chi connectivity index (χ1) is 8.47. The highest BCUT2D eigenvalue weighted by molar-refractivity contribution is 5.94. The van der Waals surface area contributed by atoms with Gasteiger partial charge in [0, 0.05) is 11.6 Å². The fourth-order valence-corrected chi connectivity index (χ4v) is 1.84. The summed E-state index contributed by atoms with van der Waals surface area (Å²) in [5, 5.41) is 2.68. The molecule has 0 radical (unpaired) electrons. The first-order valence-electron chi connectivity index (χ1n) is 5.61. The minimum atomic E-state index is -4.43. The molecule has 0 spiro atoms. The monoisotopic (exact) mass is 255 g/mol. The summed E-state index contributed by atoms with van der Waals surface area (Å²) < 4.78 is 37.5. The van der Waals surface area contributed by atoms with Crippen LogP contribution in [0.4, 0.5) is 13.2 Å². The Labute approximate surface area is 102 Å². The van der Waals surface area contributed by atoms with Gasteiger partial charge in [0.25, 0.3) is 5.91 Å². The summed E-state index contributed by atoms with van der Waals surface area (Å²) in [4.78, 5) is 11.8. The summed E-state index contributed by atoms with van der Waals surface area (Å²) in [5.74, 6) is -0.474. The Morgan fingerprint density at radius 3 is 2.72 bits per heavy atom. The number of allylic oxidation sites excluding steroid dienone is 1. The van der Waals surface area contributed by atoms with Gasteiger partial charge in [0.2, 0.25) is 0 Å². The van der Waals surface area contributed by atoms with Crippen molar-refractivity contribution in [3.05, 3.63) is 47.5 Å². The Morgan fingerprint density at radius 1 is 1.33 bits per heavy atom. The van der Waals surface area contributed by atoms with E-state index in [9.17, 15) is 18.0 Å². The maximum atomic E-state index is 12.5. The van der Waals surface area contributed by atoms with E-state index >= 15 is 0 Å². The van der Waals surface area contributed by atoms with Crippen LogP contribution in [-0.2, 0) is 6.18 Å². The van der Waals surface area contributed by atoms with Gasteiger partial charge in [0.15, 0.2) is 0 Å². The smallest absolute Gasteiger partial charge is 0.346 e. The molecule has 1 amide bonds. The number of rotatable bonds is 2. The Hall–Kier alpha value is -1.78. The van der Waals surface area contributed by atoms with Crippen LogP contribution in [0.5, 0.6) is 0 Å². The number of carbonyl (C=O) groups is 1. The van der Waals surface area contributed by atoms with E-state index in [2.05, 4.69) is 5.32 Å². The number of hydrogen-bond donors (Lipinski definition) is 1. The molecule has 0 unspecified atom stereocenters. The van der Waals surface area contributed by atoms with Crippen LogP contribution in [0.3, 0.4) is 0 Å². The highest BCUT2D eigenvalue weighted by Gasteiger charge is 2.31. The lowest BCUT2D eigenvalue weighted by molar-refractivity contribution is -0.137. The maximum Gasteiger partial charge on any atom is 0.416 e. The van der Waals surface area contributed by atoms with Gasteiger partial charge in [-0.3, -0.25) is 4.79 Å². The Morgan fingerprint density at radius 2 is 2.11 bits per heavy atom. The normalized spacial score (nSPS) is 18.9. The number of amides is 1. The zero-order valence-corrected chi connectivity index (χ0v) is 9.50. The van der Waals surface area contributed by atoms with Gasteiger partial charge in [-0.15, -0.1) is 0 Å². The van der Waals surface area contributed by atoms with Crippen molar-refractivity contribution in [3.63, 3.8) is 0 Å². The number of hydrogen-bond acceptors (Lipinski definition) is 1. The maximum absolute atomic E-state index is 12.5. The van der Waals surface area contributed by atoms with Gasteiger partial charge in [-0.05, 0) is 31.0 Å². The molecule has 2 nitrogen and oxygen atoms in total. The van der Waals surface area contributed by atoms with Crippen LogP contribution in [0.1, 0.15) is 28.8 Å². The molecule has 0 bridgehead atoms. The predicted molar refractivity (Wildman–Crippen MR) is 61.1 cm³/mol. The summed E-state index contributed by atoms with van der Waals surface area (Å²) in [6, 6.07) is 4.36. The highest BCUT2D eigenvalue weighted by Crippen LogP contribution is 2.29. The molecule has 1 atom stereocenters. The molecule has 2 rings (SSSR count). The van der Waals surface area contributed by atoms with E-state index in [4.69, 9.17) is 0 Å². The topological polar surface area (TPSA) is 29.1 Å². The molecule has 1 aliphatic carbocycles. The summed E-state index contributed by atoms with van der Waals surface area (Å²) >= 11 is 0. The third kappa shape index (κ3) is 2.91. The quantitative estimate of drug-likeness (QED) is 0.808. The Balaban J connectivity index is 2.12. The average molecular weight is 255 g/mol. The molecule has 0 saturated carbocycles. The second-order valence-corrected chi connectivity index (χ2v) is 4.16. The lowest BCUT2D eigenvalue weighted by Crippen LogP contribution is -2.32. The number of halogens is 3. The molecular weight excluding hydrogens is 243 g/mol. The fourth-order valence-electron chi connectivity index (χ4n) is 1.84. The van der Waals surface area contributed by atoms with Crippen molar-refractivity contribution in [2.24, 2.45) is 0 Å². The average Bonchev–Trinajstić information content (AvgIpc) is 2.81. The number of nitrogens with one attached hydrogen (secondary N) is 1. The number of carbonyl (C=O) groups excluding carboxylic acids is 1. The van der Waals surface area contributed by atoms with Gasteiger partial charge in [-0.1, -0.05) is 18.2 Å². The van der Waals surface area contributed by atoms with Crippen LogP contribution in [0.15, 0.2) is 36.4 Å². The van der Waals surface area contributed by atoms with E-state index in [0.29, 0.717) is 0 Å². The van der Waals surface area contributed by atoms with Gasteiger partial charge in [-0.25, -0.2) is 0 Å². The molecule has 1 aromatic rings. The van der Waals surface area contributed by atoms with Crippen molar-refractivity contribution in [1.82, 2.24) is 5.32 Å². The molecule has 1 aromatic carbocycles. The summed E-state index contributed by atoms with van der Waals surface area (Å²) in [6.07, 6.45) is 1.05. The molecule has 1 aliphatic rings. The van der Waals surface area contributed by atoms with Crippen LogP contribution in [-0.4, -0.2) is 11.9 Å². The first-order valence-corrected chi connectivity index (χ1v) is 5.61. The molecule has 0 heterocycles. The molecular formula is C13H12F3NO. The molecule has 96 valence electrons. The van der Waals surface area contributed by atoms with Gasteiger partial charge < -0.3 is 5.32 Å². The van der Waals surface area contributed by atoms with Gasteiger partial charge in [0.1, 0.15) is 0 Å². The summed E-state index contributed by atoms with van der Waals surface area (Å²) in [7, 11) is 0. The molecule has 0 aromatic heterocycles.